The second-order valence-electron chi connectivity index (χ2n) is 0.960. The standard InChI is InChI=1S/C2H6O2.K.H3O4P.H/c3-1-2-4;;1-5(2,3)4;/h3-4H,1-2H2;;(H3,1,2,3,4);. The Kier molecular flexibility index (Phi) is 18.8. The van der Waals surface area contributed by atoms with E-state index in [1.807, 2.05) is 0 Å². The molecular weight excluding hydrogens is 190 g/mol. The molecule has 0 amide bonds. The Morgan fingerprint density at radius 3 is 1.10 bits per heavy atom. The van der Waals surface area contributed by atoms with E-state index >= 15 is 0 Å². The summed E-state index contributed by atoms with van der Waals surface area (Å²) in [6.45, 7) is -0.250. The first kappa shape index (κ1) is 17.7. The molecule has 0 unspecified atom stereocenters. The SMILES string of the molecule is O=P(O)(O)O.OCCO.[KH]. The Bertz CT molecular complexity index is 79.5. The average molecular weight is 200 g/mol. The molecule has 0 radical (unpaired) electrons. The zero-order valence-corrected chi connectivity index (χ0v) is 5.40. The second-order valence-corrected chi connectivity index (χ2v) is 1.99. The van der Waals surface area contributed by atoms with Crippen molar-refractivity contribution in [2.45, 2.75) is 0 Å². The van der Waals surface area contributed by atoms with E-state index in [0.29, 0.717) is 0 Å². The minimum atomic E-state index is -4.64. The first-order valence-corrected chi connectivity index (χ1v) is 3.48. The molecule has 0 atom stereocenters. The van der Waals surface area contributed by atoms with Crippen LogP contribution in [-0.4, -0.2) is 89.5 Å². The van der Waals surface area contributed by atoms with E-state index in [9.17, 15) is 0 Å². The third-order valence-corrected chi connectivity index (χ3v) is 0.1000. The van der Waals surface area contributed by atoms with Gasteiger partial charge < -0.3 is 24.9 Å². The van der Waals surface area contributed by atoms with Gasteiger partial charge in [-0.05, 0) is 0 Å². The van der Waals surface area contributed by atoms with Crippen molar-refractivity contribution in [3.63, 3.8) is 0 Å². The summed E-state index contributed by atoms with van der Waals surface area (Å²) in [7, 11) is -4.64. The molecule has 0 spiro atoms. The van der Waals surface area contributed by atoms with Crippen molar-refractivity contribution in [2.24, 2.45) is 0 Å². The molecule has 5 N–H and O–H groups in total. The number of hydrogen-bond acceptors (Lipinski definition) is 3. The van der Waals surface area contributed by atoms with Gasteiger partial charge in [-0.1, -0.05) is 0 Å². The first-order chi connectivity index (χ1) is 3.91. The van der Waals surface area contributed by atoms with Crippen LogP contribution in [0, 0.1) is 0 Å². The third kappa shape index (κ3) is 102. The zero-order valence-electron chi connectivity index (χ0n) is 4.51. The van der Waals surface area contributed by atoms with E-state index in [-0.39, 0.29) is 64.6 Å². The van der Waals surface area contributed by atoms with Crippen molar-refractivity contribution < 1.29 is 29.5 Å². The summed E-state index contributed by atoms with van der Waals surface area (Å²) in [6.07, 6.45) is 0. The van der Waals surface area contributed by atoms with E-state index < -0.39 is 7.82 Å². The van der Waals surface area contributed by atoms with Gasteiger partial charge in [0.2, 0.25) is 0 Å². The van der Waals surface area contributed by atoms with E-state index in [4.69, 9.17) is 29.5 Å². The van der Waals surface area contributed by atoms with Crippen molar-refractivity contribution in [3.05, 3.63) is 0 Å². The Balaban J connectivity index is -0.0000000910. The summed E-state index contributed by atoms with van der Waals surface area (Å²) in [5.41, 5.74) is 0. The van der Waals surface area contributed by atoms with Gasteiger partial charge in [0, 0.05) is 0 Å². The van der Waals surface area contributed by atoms with E-state index in [2.05, 4.69) is 0 Å². The number of hydrogen-bond donors (Lipinski definition) is 5. The van der Waals surface area contributed by atoms with Crippen molar-refractivity contribution in [1.82, 2.24) is 0 Å². The number of rotatable bonds is 1. The Morgan fingerprint density at radius 1 is 1.00 bits per heavy atom. The predicted octanol–water partition coefficient (Wildman–Crippen LogP) is -2.61. The molecule has 0 aliphatic heterocycles. The normalized spacial score (nSPS) is 8.90. The first-order valence-electron chi connectivity index (χ1n) is 1.92. The molecule has 0 saturated carbocycles. The van der Waals surface area contributed by atoms with Crippen molar-refractivity contribution in [1.29, 1.82) is 0 Å². The summed E-state index contributed by atoms with van der Waals surface area (Å²) in [5.74, 6) is 0. The van der Waals surface area contributed by atoms with Crippen LogP contribution in [0.3, 0.4) is 0 Å². The van der Waals surface area contributed by atoms with E-state index in [1.165, 1.54) is 0 Å². The predicted molar refractivity (Wildman–Crippen MR) is 35.6 cm³/mol. The number of phosphoric acid groups is 1. The second kappa shape index (κ2) is 10.7. The van der Waals surface area contributed by atoms with Gasteiger partial charge in [-0.15, -0.1) is 0 Å². The molecule has 0 saturated heterocycles. The molecule has 0 fully saturated rings. The summed E-state index contributed by atoms with van der Waals surface area (Å²) < 4.78 is 8.88. The third-order valence-electron chi connectivity index (χ3n) is 0.1000. The van der Waals surface area contributed by atoms with Gasteiger partial charge in [0.05, 0.1) is 13.2 Å². The van der Waals surface area contributed by atoms with Crippen LogP contribution in [0.5, 0.6) is 0 Å². The summed E-state index contributed by atoms with van der Waals surface area (Å²) in [6, 6.07) is 0. The fourth-order valence-electron chi connectivity index (χ4n) is 0. The van der Waals surface area contributed by atoms with Gasteiger partial charge in [-0.3, -0.25) is 0 Å². The number of aliphatic hydroxyl groups is 2. The van der Waals surface area contributed by atoms with E-state index in [0.717, 1.165) is 0 Å². The van der Waals surface area contributed by atoms with Gasteiger partial charge >= 0.3 is 59.2 Å². The Hall–Kier alpha value is 1.67. The fraction of sp³-hybridized carbons (Fsp3) is 1.00. The molecular formula is C2H10KO6P. The van der Waals surface area contributed by atoms with Gasteiger partial charge in [-0.25, -0.2) is 4.57 Å². The van der Waals surface area contributed by atoms with Gasteiger partial charge in [-0.2, -0.15) is 0 Å². The van der Waals surface area contributed by atoms with Crippen LogP contribution in [0.2, 0.25) is 0 Å². The average Bonchev–Trinajstić information content (AvgIpc) is 1.61. The molecule has 0 aromatic heterocycles. The molecule has 0 aliphatic carbocycles. The molecule has 10 heavy (non-hydrogen) atoms. The molecule has 60 valence electrons. The van der Waals surface area contributed by atoms with Crippen LogP contribution >= 0.6 is 7.82 Å². The molecule has 0 aromatic rings. The van der Waals surface area contributed by atoms with Crippen LogP contribution in [0.25, 0.3) is 0 Å². The minimum absolute atomic E-state index is 0. The van der Waals surface area contributed by atoms with Crippen LogP contribution in [0.1, 0.15) is 0 Å². The molecule has 6 nitrogen and oxygen atoms in total. The van der Waals surface area contributed by atoms with Crippen molar-refractivity contribution in [2.75, 3.05) is 13.2 Å². The van der Waals surface area contributed by atoms with Crippen LogP contribution < -0.4 is 0 Å². The zero-order chi connectivity index (χ0) is 7.91. The van der Waals surface area contributed by atoms with Gasteiger partial charge in [0.25, 0.3) is 0 Å². The summed E-state index contributed by atoms with van der Waals surface area (Å²) in [5, 5.41) is 15.2. The molecule has 0 aromatic carbocycles. The molecule has 0 heterocycles. The number of aliphatic hydroxyl groups excluding tert-OH is 2. The quantitative estimate of drug-likeness (QED) is 0.234. The Labute approximate surface area is 101 Å². The monoisotopic (exact) mass is 200 g/mol. The summed E-state index contributed by atoms with van der Waals surface area (Å²) >= 11 is 0. The summed E-state index contributed by atoms with van der Waals surface area (Å²) in [4.78, 5) is 21.6. The molecule has 0 bridgehead atoms. The maximum atomic E-state index is 8.88. The van der Waals surface area contributed by atoms with Crippen LogP contribution in [0.15, 0.2) is 0 Å². The molecule has 0 aliphatic rings. The Morgan fingerprint density at radius 2 is 1.10 bits per heavy atom. The van der Waals surface area contributed by atoms with Gasteiger partial charge in [0.1, 0.15) is 0 Å². The van der Waals surface area contributed by atoms with Crippen molar-refractivity contribution >= 4 is 59.2 Å². The fourth-order valence-corrected chi connectivity index (χ4v) is 0. The van der Waals surface area contributed by atoms with Gasteiger partial charge in [0.15, 0.2) is 0 Å². The topological polar surface area (TPSA) is 118 Å². The molecule has 8 heteroatoms. The van der Waals surface area contributed by atoms with E-state index in [1.54, 1.807) is 0 Å². The van der Waals surface area contributed by atoms with Crippen LogP contribution in [0.4, 0.5) is 0 Å². The maximum absolute atomic E-state index is 8.88. The van der Waals surface area contributed by atoms with Crippen molar-refractivity contribution in [3.8, 4) is 0 Å². The molecule has 0 rings (SSSR count). The van der Waals surface area contributed by atoms with Crippen LogP contribution in [-0.2, 0) is 4.57 Å².